The van der Waals surface area contributed by atoms with Gasteiger partial charge in [0.15, 0.2) is 0 Å². The lowest BCUT2D eigenvalue weighted by Crippen LogP contribution is -2.40. The second kappa shape index (κ2) is 3.57. The zero-order valence-electron chi connectivity index (χ0n) is 8.19. The van der Waals surface area contributed by atoms with Crippen molar-refractivity contribution in [2.75, 3.05) is 13.1 Å². The van der Waals surface area contributed by atoms with Crippen molar-refractivity contribution in [3.8, 4) is 0 Å². The Kier molecular flexibility index (Phi) is 2.94. The van der Waals surface area contributed by atoms with Gasteiger partial charge >= 0.3 is 0 Å². The van der Waals surface area contributed by atoms with E-state index < -0.39 is 0 Å². The van der Waals surface area contributed by atoms with Gasteiger partial charge in [0.1, 0.15) is 0 Å². The maximum absolute atomic E-state index is 2.66. The van der Waals surface area contributed by atoms with Crippen LogP contribution < -0.4 is 0 Å². The number of hydrogen-bond donors (Lipinski definition) is 0. The summed E-state index contributed by atoms with van der Waals surface area (Å²) in [7, 11) is 0. The van der Waals surface area contributed by atoms with Gasteiger partial charge < -0.3 is 0 Å². The van der Waals surface area contributed by atoms with Crippen LogP contribution in [0.15, 0.2) is 0 Å². The number of hydrogen-bond acceptors (Lipinski definition) is 1. The second-order valence-electron chi connectivity index (χ2n) is 3.94. The van der Waals surface area contributed by atoms with E-state index in [4.69, 9.17) is 0 Å². The third-order valence-corrected chi connectivity index (χ3v) is 3.16. The summed E-state index contributed by atoms with van der Waals surface area (Å²) in [4.78, 5) is 2.66. The summed E-state index contributed by atoms with van der Waals surface area (Å²) in [6.45, 7) is 9.63. The van der Waals surface area contributed by atoms with Crippen LogP contribution in [0.4, 0.5) is 0 Å². The highest BCUT2D eigenvalue weighted by Gasteiger charge is 2.33. The molecule has 1 fully saturated rings. The Morgan fingerprint density at radius 2 is 2.09 bits per heavy atom. The van der Waals surface area contributed by atoms with Gasteiger partial charge in [-0.05, 0) is 45.7 Å². The van der Waals surface area contributed by atoms with Crippen molar-refractivity contribution >= 4 is 0 Å². The minimum absolute atomic E-state index is 0.538. The lowest BCUT2D eigenvalue weighted by atomic mass is 9.95. The maximum atomic E-state index is 2.66. The summed E-state index contributed by atoms with van der Waals surface area (Å²) in [6, 6.07) is 0. The molecule has 1 aliphatic rings. The van der Waals surface area contributed by atoms with Crippen molar-refractivity contribution in [2.24, 2.45) is 0 Å². The molecule has 66 valence electrons. The summed E-state index contributed by atoms with van der Waals surface area (Å²) in [5, 5.41) is 0. The minimum Gasteiger partial charge on any atom is -0.298 e. The maximum Gasteiger partial charge on any atom is 0.0179 e. The molecule has 0 aromatic rings. The zero-order chi connectivity index (χ0) is 8.32. The van der Waals surface area contributed by atoms with E-state index in [0.717, 1.165) is 0 Å². The largest absolute Gasteiger partial charge is 0.298 e. The van der Waals surface area contributed by atoms with Crippen molar-refractivity contribution in [1.29, 1.82) is 0 Å². The summed E-state index contributed by atoms with van der Waals surface area (Å²) >= 11 is 0. The smallest absolute Gasteiger partial charge is 0.0179 e. The fourth-order valence-corrected chi connectivity index (χ4v) is 2.13. The van der Waals surface area contributed by atoms with E-state index in [-0.39, 0.29) is 0 Å². The van der Waals surface area contributed by atoms with E-state index in [2.05, 4.69) is 25.7 Å². The molecule has 1 heterocycles. The van der Waals surface area contributed by atoms with Crippen LogP contribution in [0.3, 0.4) is 0 Å². The fraction of sp³-hybridized carbons (Fsp3) is 1.00. The molecular weight excluding hydrogens is 134 g/mol. The van der Waals surface area contributed by atoms with Gasteiger partial charge in [0.2, 0.25) is 0 Å². The minimum atomic E-state index is 0.538. The van der Waals surface area contributed by atoms with Gasteiger partial charge in [0.05, 0.1) is 0 Å². The standard InChI is InChI=1S/C10H21N/c1-4-8-11-9-6-7-10(11,3)5-2/h4-9H2,1-3H3/t10-/m1/s1. The molecule has 1 heteroatoms. The third-order valence-electron chi connectivity index (χ3n) is 3.16. The second-order valence-corrected chi connectivity index (χ2v) is 3.94. The van der Waals surface area contributed by atoms with Gasteiger partial charge in [0, 0.05) is 5.54 Å². The molecular formula is C10H21N. The lowest BCUT2D eigenvalue weighted by Gasteiger charge is -2.34. The highest BCUT2D eigenvalue weighted by Crippen LogP contribution is 2.31. The molecule has 0 saturated carbocycles. The highest BCUT2D eigenvalue weighted by molar-refractivity contribution is 4.90. The quantitative estimate of drug-likeness (QED) is 0.605. The highest BCUT2D eigenvalue weighted by atomic mass is 15.2. The molecule has 0 aromatic carbocycles. The summed E-state index contributed by atoms with van der Waals surface area (Å²) in [5.41, 5.74) is 0.538. The molecule has 11 heavy (non-hydrogen) atoms. The van der Waals surface area contributed by atoms with E-state index in [1.165, 1.54) is 38.8 Å². The Labute approximate surface area is 70.8 Å². The van der Waals surface area contributed by atoms with Crippen LogP contribution in [0.5, 0.6) is 0 Å². The Morgan fingerprint density at radius 1 is 1.36 bits per heavy atom. The Morgan fingerprint density at radius 3 is 2.64 bits per heavy atom. The molecule has 1 rings (SSSR count). The van der Waals surface area contributed by atoms with E-state index in [9.17, 15) is 0 Å². The fourth-order valence-electron chi connectivity index (χ4n) is 2.13. The number of rotatable bonds is 3. The van der Waals surface area contributed by atoms with Gasteiger partial charge in [-0.3, -0.25) is 4.90 Å². The van der Waals surface area contributed by atoms with Crippen LogP contribution in [-0.2, 0) is 0 Å². The van der Waals surface area contributed by atoms with E-state index in [1.54, 1.807) is 0 Å². The normalized spacial score (nSPS) is 33.0. The molecule has 0 aliphatic carbocycles. The van der Waals surface area contributed by atoms with Crippen LogP contribution in [0.2, 0.25) is 0 Å². The van der Waals surface area contributed by atoms with Gasteiger partial charge in [-0.15, -0.1) is 0 Å². The van der Waals surface area contributed by atoms with Crippen LogP contribution in [0.1, 0.15) is 46.5 Å². The van der Waals surface area contributed by atoms with Crippen LogP contribution in [0, 0.1) is 0 Å². The van der Waals surface area contributed by atoms with Crippen LogP contribution in [-0.4, -0.2) is 23.5 Å². The van der Waals surface area contributed by atoms with Crippen molar-refractivity contribution in [3.63, 3.8) is 0 Å². The Bertz CT molecular complexity index is 122. The van der Waals surface area contributed by atoms with E-state index in [1.807, 2.05) is 0 Å². The van der Waals surface area contributed by atoms with Crippen LogP contribution in [0.25, 0.3) is 0 Å². The first-order valence-corrected chi connectivity index (χ1v) is 4.98. The molecule has 1 saturated heterocycles. The topological polar surface area (TPSA) is 3.24 Å². The molecule has 0 unspecified atom stereocenters. The van der Waals surface area contributed by atoms with Crippen molar-refractivity contribution < 1.29 is 0 Å². The molecule has 1 aliphatic heterocycles. The first-order chi connectivity index (χ1) is 5.23. The van der Waals surface area contributed by atoms with Gasteiger partial charge in [-0.1, -0.05) is 13.8 Å². The van der Waals surface area contributed by atoms with Gasteiger partial charge in [0.25, 0.3) is 0 Å². The van der Waals surface area contributed by atoms with Crippen molar-refractivity contribution in [2.45, 2.75) is 52.0 Å². The SMILES string of the molecule is CCCN1CCC[C@@]1(C)CC. The van der Waals surface area contributed by atoms with E-state index >= 15 is 0 Å². The molecule has 0 spiro atoms. The van der Waals surface area contributed by atoms with Gasteiger partial charge in [-0.2, -0.15) is 0 Å². The molecule has 0 amide bonds. The Balaban J connectivity index is 2.49. The first-order valence-electron chi connectivity index (χ1n) is 4.98. The first kappa shape index (κ1) is 9.05. The van der Waals surface area contributed by atoms with Crippen LogP contribution >= 0.6 is 0 Å². The summed E-state index contributed by atoms with van der Waals surface area (Å²) < 4.78 is 0. The monoisotopic (exact) mass is 155 g/mol. The lowest BCUT2D eigenvalue weighted by molar-refractivity contribution is 0.151. The average molecular weight is 155 g/mol. The summed E-state index contributed by atoms with van der Waals surface area (Å²) in [5.74, 6) is 0. The molecule has 0 radical (unpaired) electrons. The zero-order valence-corrected chi connectivity index (χ0v) is 8.19. The third kappa shape index (κ3) is 1.76. The average Bonchev–Trinajstić information content (AvgIpc) is 2.35. The summed E-state index contributed by atoms with van der Waals surface area (Å²) in [6.07, 6.45) is 5.43. The van der Waals surface area contributed by atoms with Crippen molar-refractivity contribution in [1.82, 2.24) is 4.90 Å². The predicted octanol–water partition coefficient (Wildman–Crippen LogP) is 2.66. The molecule has 0 aromatic heterocycles. The van der Waals surface area contributed by atoms with E-state index in [0.29, 0.717) is 5.54 Å². The molecule has 1 nitrogen and oxygen atoms in total. The predicted molar refractivity (Wildman–Crippen MR) is 49.8 cm³/mol. The van der Waals surface area contributed by atoms with Gasteiger partial charge in [-0.25, -0.2) is 0 Å². The van der Waals surface area contributed by atoms with Crippen molar-refractivity contribution in [3.05, 3.63) is 0 Å². The Hall–Kier alpha value is -0.0400. The molecule has 0 N–H and O–H groups in total. The molecule has 1 atom stereocenters. The number of nitrogens with zero attached hydrogens (tertiary/aromatic N) is 1. The molecule has 0 bridgehead atoms. The number of likely N-dealkylation sites (tertiary alicyclic amines) is 1.